The number of halogens is 1. The molecule has 102 valence electrons. The van der Waals surface area contributed by atoms with Crippen LogP contribution in [-0.2, 0) is 6.42 Å². The molecule has 0 spiro atoms. The molecule has 4 heteroatoms. The van der Waals surface area contributed by atoms with Crippen LogP contribution in [0.15, 0.2) is 22.7 Å². The summed E-state index contributed by atoms with van der Waals surface area (Å²) in [5, 5.41) is 0. The third-order valence-electron chi connectivity index (χ3n) is 2.79. The van der Waals surface area contributed by atoms with E-state index in [4.69, 9.17) is 10.6 Å². The van der Waals surface area contributed by atoms with E-state index in [2.05, 4.69) is 54.3 Å². The summed E-state index contributed by atoms with van der Waals surface area (Å²) in [5.74, 6) is 6.49. The molecular weight excluding hydrogens is 292 g/mol. The average Bonchev–Trinajstić information content (AvgIpc) is 2.26. The Morgan fingerprint density at radius 2 is 2.06 bits per heavy atom. The molecule has 0 heterocycles. The van der Waals surface area contributed by atoms with Crippen LogP contribution in [0.4, 0.5) is 0 Å². The minimum Gasteiger partial charge on any atom is -0.496 e. The average molecular weight is 315 g/mol. The van der Waals surface area contributed by atoms with Crippen LogP contribution in [0, 0.1) is 5.41 Å². The van der Waals surface area contributed by atoms with Gasteiger partial charge in [0.15, 0.2) is 0 Å². The maximum atomic E-state index is 5.64. The smallest absolute Gasteiger partial charge is 0.133 e. The van der Waals surface area contributed by atoms with E-state index in [1.165, 1.54) is 5.56 Å². The predicted octanol–water partition coefficient (Wildman–Crippen LogP) is 3.27. The second-order valence-corrected chi connectivity index (χ2v) is 6.66. The Morgan fingerprint density at radius 3 is 2.50 bits per heavy atom. The van der Waals surface area contributed by atoms with E-state index in [1.54, 1.807) is 7.11 Å². The highest BCUT2D eigenvalue weighted by Crippen LogP contribution is 2.27. The van der Waals surface area contributed by atoms with Crippen LogP contribution < -0.4 is 16.0 Å². The van der Waals surface area contributed by atoms with Gasteiger partial charge in [-0.15, -0.1) is 0 Å². The van der Waals surface area contributed by atoms with Crippen LogP contribution in [0.1, 0.15) is 32.8 Å². The lowest BCUT2D eigenvalue weighted by molar-refractivity contribution is 0.308. The van der Waals surface area contributed by atoms with E-state index in [-0.39, 0.29) is 11.5 Å². The number of rotatable bonds is 5. The van der Waals surface area contributed by atoms with Gasteiger partial charge in [-0.2, -0.15) is 0 Å². The Morgan fingerprint density at radius 1 is 1.39 bits per heavy atom. The minimum atomic E-state index is 0.265. The first kappa shape index (κ1) is 15.5. The van der Waals surface area contributed by atoms with Crippen molar-refractivity contribution < 1.29 is 4.74 Å². The lowest BCUT2D eigenvalue weighted by Crippen LogP contribution is -2.39. The maximum Gasteiger partial charge on any atom is 0.133 e. The first-order valence-electron chi connectivity index (χ1n) is 6.14. The van der Waals surface area contributed by atoms with E-state index in [9.17, 15) is 0 Å². The van der Waals surface area contributed by atoms with Crippen molar-refractivity contribution in [1.82, 2.24) is 5.43 Å². The number of hydrogen-bond acceptors (Lipinski definition) is 3. The molecule has 1 rings (SSSR count). The van der Waals surface area contributed by atoms with Gasteiger partial charge in [-0.25, -0.2) is 0 Å². The third kappa shape index (κ3) is 4.96. The van der Waals surface area contributed by atoms with Crippen molar-refractivity contribution in [2.45, 2.75) is 39.7 Å². The fraction of sp³-hybridized carbons (Fsp3) is 0.571. The largest absolute Gasteiger partial charge is 0.496 e. The lowest BCUT2D eigenvalue weighted by Gasteiger charge is -2.25. The minimum absolute atomic E-state index is 0.265. The van der Waals surface area contributed by atoms with Gasteiger partial charge in [-0.05, 0) is 51.9 Å². The van der Waals surface area contributed by atoms with Crippen molar-refractivity contribution in [2.75, 3.05) is 7.11 Å². The highest BCUT2D eigenvalue weighted by molar-refractivity contribution is 9.10. The van der Waals surface area contributed by atoms with E-state index < -0.39 is 0 Å². The molecule has 0 aliphatic rings. The summed E-state index contributed by atoms with van der Waals surface area (Å²) in [6.07, 6.45) is 1.95. The molecule has 0 amide bonds. The normalized spacial score (nSPS) is 13.4. The molecule has 18 heavy (non-hydrogen) atoms. The number of ether oxygens (including phenoxy) is 1. The zero-order valence-electron chi connectivity index (χ0n) is 11.6. The molecule has 1 aromatic rings. The standard InChI is InChI=1S/C14H23BrN2O/c1-14(2,3)9-11(17-16)7-10-5-6-13(18-4)12(15)8-10/h5-6,8,11,17H,7,9,16H2,1-4H3. The predicted molar refractivity (Wildman–Crippen MR) is 79.6 cm³/mol. The van der Waals surface area contributed by atoms with Gasteiger partial charge in [0.1, 0.15) is 5.75 Å². The number of methoxy groups -OCH3 is 1. The van der Waals surface area contributed by atoms with Crippen molar-refractivity contribution in [2.24, 2.45) is 11.3 Å². The van der Waals surface area contributed by atoms with Gasteiger partial charge in [-0.3, -0.25) is 11.3 Å². The lowest BCUT2D eigenvalue weighted by atomic mass is 9.86. The fourth-order valence-corrected chi connectivity index (χ4v) is 2.64. The molecule has 0 aliphatic carbocycles. The highest BCUT2D eigenvalue weighted by atomic mass is 79.9. The molecule has 3 N–H and O–H groups in total. The molecule has 0 aromatic heterocycles. The molecule has 0 fully saturated rings. The van der Waals surface area contributed by atoms with Gasteiger partial charge in [0, 0.05) is 6.04 Å². The molecule has 0 saturated heterocycles. The van der Waals surface area contributed by atoms with Crippen molar-refractivity contribution >= 4 is 15.9 Å². The monoisotopic (exact) mass is 314 g/mol. The van der Waals surface area contributed by atoms with Crippen LogP contribution in [0.2, 0.25) is 0 Å². The van der Waals surface area contributed by atoms with Crippen LogP contribution in [0.5, 0.6) is 5.75 Å². The summed E-state index contributed by atoms with van der Waals surface area (Å²) in [5.41, 5.74) is 4.42. The molecule has 0 bridgehead atoms. The SMILES string of the molecule is COc1ccc(CC(CC(C)(C)C)NN)cc1Br. The summed E-state index contributed by atoms with van der Waals surface area (Å²) in [6, 6.07) is 6.43. The molecule has 3 nitrogen and oxygen atoms in total. The summed E-state index contributed by atoms with van der Waals surface area (Å²) < 4.78 is 6.21. The highest BCUT2D eigenvalue weighted by Gasteiger charge is 2.18. The van der Waals surface area contributed by atoms with Crippen LogP contribution in [0.3, 0.4) is 0 Å². The van der Waals surface area contributed by atoms with Crippen LogP contribution in [0.25, 0.3) is 0 Å². The maximum absolute atomic E-state index is 5.64. The molecular formula is C14H23BrN2O. The second kappa shape index (κ2) is 6.55. The zero-order chi connectivity index (χ0) is 13.8. The third-order valence-corrected chi connectivity index (χ3v) is 3.41. The molecule has 0 saturated carbocycles. The number of nitrogens with one attached hydrogen (secondary N) is 1. The van der Waals surface area contributed by atoms with E-state index >= 15 is 0 Å². The first-order chi connectivity index (χ1) is 8.35. The van der Waals surface area contributed by atoms with E-state index in [1.807, 2.05) is 6.07 Å². The quantitative estimate of drug-likeness (QED) is 0.647. The Kier molecular flexibility index (Phi) is 5.63. The Bertz CT molecular complexity index is 388. The molecule has 1 aromatic carbocycles. The van der Waals surface area contributed by atoms with Gasteiger partial charge < -0.3 is 4.74 Å². The molecule has 1 unspecified atom stereocenters. The number of hydrogen-bond donors (Lipinski definition) is 2. The van der Waals surface area contributed by atoms with Crippen molar-refractivity contribution in [3.63, 3.8) is 0 Å². The fourth-order valence-electron chi connectivity index (χ4n) is 2.05. The number of benzene rings is 1. The molecule has 1 atom stereocenters. The topological polar surface area (TPSA) is 47.3 Å². The van der Waals surface area contributed by atoms with Crippen molar-refractivity contribution in [3.8, 4) is 5.75 Å². The van der Waals surface area contributed by atoms with Crippen LogP contribution in [-0.4, -0.2) is 13.2 Å². The van der Waals surface area contributed by atoms with Gasteiger partial charge >= 0.3 is 0 Å². The molecule has 0 aliphatic heterocycles. The van der Waals surface area contributed by atoms with E-state index in [0.29, 0.717) is 0 Å². The Hall–Kier alpha value is -0.580. The Balaban J connectivity index is 2.73. The zero-order valence-corrected chi connectivity index (χ0v) is 13.2. The van der Waals surface area contributed by atoms with Gasteiger partial charge in [-0.1, -0.05) is 26.8 Å². The van der Waals surface area contributed by atoms with Gasteiger partial charge in [0.2, 0.25) is 0 Å². The summed E-state index contributed by atoms with van der Waals surface area (Å²) in [7, 11) is 1.67. The summed E-state index contributed by atoms with van der Waals surface area (Å²) in [6.45, 7) is 6.67. The van der Waals surface area contributed by atoms with Gasteiger partial charge in [0.25, 0.3) is 0 Å². The second-order valence-electron chi connectivity index (χ2n) is 5.80. The Labute approximate surface area is 118 Å². The van der Waals surface area contributed by atoms with E-state index in [0.717, 1.165) is 23.1 Å². The number of hydrazine groups is 1. The summed E-state index contributed by atoms with van der Waals surface area (Å²) in [4.78, 5) is 0. The summed E-state index contributed by atoms with van der Waals surface area (Å²) >= 11 is 3.50. The first-order valence-corrected chi connectivity index (χ1v) is 6.93. The van der Waals surface area contributed by atoms with Gasteiger partial charge in [0.05, 0.1) is 11.6 Å². The van der Waals surface area contributed by atoms with Crippen LogP contribution >= 0.6 is 15.9 Å². The molecule has 0 radical (unpaired) electrons. The van der Waals surface area contributed by atoms with Crippen molar-refractivity contribution in [1.29, 1.82) is 0 Å². The van der Waals surface area contributed by atoms with Crippen molar-refractivity contribution in [3.05, 3.63) is 28.2 Å². The number of nitrogens with two attached hydrogens (primary N) is 1.